The van der Waals surface area contributed by atoms with Gasteiger partial charge in [-0.1, -0.05) is 17.8 Å². The summed E-state index contributed by atoms with van der Waals surface area (Å²) in [6.45, 7) is 1.17. The molecule has 4 aromatic rings. The number of thiophene rings is 1. The lowest BCUT2D eigenvalue weighted by molar-refractivity contribution is -0.121. The van der Waals surface area contributed by atoms with Crippen LogP contribution in [0.5, 0.6) is 11.5 Å². The van der Waals surface area contributed by atoms with E-state index in [0.29, 0.717) is 52.1 Å². The van der Waals surface area contributed by atoms with Crippen LogP contribution in [0.2, 0.25) is 0 Å². The number of rotatable bonds is 11. The molecular weight excluding hydrogens is 516 g/mol. The zero-order valence-electron chi connectivity index (χ0n) is 19.7. The molecule has 1 aliphatic heterocycles. The van der Waals surface area contributed by atoms with Crippen molar-refractivity contribution in [1.82, 2.24) is 20.2 Å². The van der Waals surface area contributed by atoms with Crippen LogP contribution in [0.1, 0.15) is 24.2 Å². The van der Waals surface area contributed by atoms with E-state index in [4.69, 9.17) is 13.9 Å². The van der Waals surface area contributed by atoms with Crippen molar-refractivity contribution < 1.29 is 23.5 Å². The van der Waals surface area contributed by atoms with Gasteiger partial charge in [-0.15, -0.1) is 11.3 Å². The largest absolute Gasteiger partial charge is 0.467 e. The highest BCUT2D eigenvalue weighted by Gasteiger charge is 2.16. The smallest absolute Gasteiger partial charge is 0.272 e. The SMILES string of the molecule is O=C(CCCn1c(SCC(=O)NCc2ccco2)nc2ccsc2c1=O)NCc1ccc2c(c1)OCO2. The first-order valence-corrected chi connectivity index (χ1v) is 13.5. The number of hydrogen-bond donors (Lipinski definition) is 2. The number of fused-ring (bicyclic) bond motifs is 2. The fourth-order valence-corrected chi connectivity index (χ4v) is 5.38. The second-order valence-electron chi connectivity index (χ2n) is 8.20. The van der Waals surface area contributed by atoms with Crippen molar-refractivity contribution in [3.63, 3.8) is 0 Å². The number of nitrogens with one attached hydrogen (secondary N) is 2. The molecule has 4 heterocycles. The molecule has 0 fully saturated rings. The molecule has 37 heavy (non-hydrogen) atoms. The quantitative estimate of drug-likeness (QED) is 0.219. The number of amides is 2. The third-order valence-corrected chi connectivity index (χ3v) is 7.48. The topological polar surface area (TPSA) is 125 Å². The van der Waals surface area contributed by atoms with Crippen LogP contribution in [0.3, 0.4) is 0 Å². The molecule has 0 radical (unpaired) electrons. The number of carbonyl (C=O) groups excluding carboxylic acids is 2. The van der Waals surface area contributed by atoms with Gasteiger partial charge in [-0.25, -0.2) is 4.98 Å². The number of carbonyl (C=O) groups is 2. The van der Waals surface area contributed by atoms with Crippen LogP contribution in [-0.4, -0.2) is 33.9 Å². The van der Waals surface area contributed by atoms with Crippen LogP contribution in [0.25, 0.3) is 10.2 Å². The van der Waals surface area contributed by atoms with Crippen molar-refractivity contribution in [2.75, 3.05) is 12.5 Å². The van der Waals surface area contributed by atoms with Gasteiger partial charge >= 0.3 is 0 Å². The van der Waals surface area contributed by atoms with Gasteiger partial charge in [0, 0.05) is 19.5 Å². The second-order valence-corrected chi connectivity index (χ2v) is 10.1. The van der Waals surface area contributed by atoms with Gasteiger partial charge in [0.1, 0.15) is 10.5 Å². The van der Waals surface area contributed by atoms with Gasteiger partial charge in [-0.3, -0.25) is 19.0 Å². The lowest BCUT2D eigenvalue weighted by Crippen LogP contribution is -2.27. The van der Waals surface area contributed by atoms with Crippen molar-refractivity contribution in [3.8, 4) is 11.5 Å². The van der Waals surface area contributed by atoms with E-state index in [1.165, 1.54) is 23.1 Å². The van der Waals surface area contributed by atoms with E-state index in [-0.39, 0.29) is 42.9 Å². The van der Waals surface area contributed by atoms with E-state index in [1.807, 2.05) is 23.6 Å². The van der Waals surface area contributed by atoms with Crippen LogP contribution in [0.4, 0.5) is 0 Å². The third kappa shape index (κ3) is 6.15. The number of furan rings is 1. The maximum Gasteiger partial charge on any atom is 0.272 e. The summed E-state index contributed by atoms with van der Waals surface area (Å²) in [6.07, 6.45) is 2.24. The Morgan fingerprint density at radius 3 is 2.81 bits per heavy atom. The molecule has 10 nitrogen and oxygen atoms in total. The van der Waals surface area contributed by atoms with Crippen LogP contribution in [0, 0.1) is 0 Å². The predicted molar refractivity (Wildman–Crippen MR) is 139 cm³/mol. The Labute approximate surface area is 220 Å². The third-order valence-electron chi connectivity index (χ3n) is 5.62. The van der Waals surface area contributed by atoms with E-state index in [2.05, 4.69) is 15.6 Å². The Balaban J connectivity index is 1.16. The number of nitrogens with zero attached hydrogens (tertiary/aromatic N) is 2. The molecule has 3 aromatic heterocycles. The number of ether oxygens (including phenoxy) is 2. The van der Waals surface area contributed by atoms with E-state index in [1.54, 1.807) is 29.0 Å². The monoisotopic (exact) mass is 540 g/mol. The van der Waals surface area contributed by atoms with Crippen LogP contribution >= 0.6 is 23.1 Å². The van der Waals surface area contributed by atoms with E-state index in [0.717, 1.165) is 5.56 Å². The molecule has 0 saturated carbocycles. The molecule has 1 aliphatic rings. The molecule has 0 atom stereocenters. The summed E-state index contributed by atoms with van der Waals surface area (Å²) >= 11 is 2.52. The van der Waals surface area contributed by atoms with Crippen molar-refractivity contribution in [2.45, 2.75) is 37.6 Å². The summed E-state index contributed by atoms with van der Waals surface area (Å²) in [6, 6.07) is 10.9. The molecule has 0 spiro atoms. The van der Waals surface area contributed by atoms with E-state index in [9.17, 15) is 14.4 Å². The van der Waals surface area contributed by atoms with Gasteiger partial charge in [0.25, 0.3) is 5.56 Å². The summed E-state index contributed by atoms with van der Waals surface area (Å²) < 4.78 is 18.0. The van der Waals surface area contributed by atoms with E-state index < -0.39 is 0 Å². The van der Waals surface area contributed by atoms with Crippen LogP contribution in [0.15, 0.2) is 62.4 Å². The fourth-order valence-electron chi connectivity index (χ4n) is 3.75. The molecule has 2 N–H and O–H groups in total. The summed E-state index contributed by atoms with van der Waals surface area (Å²) in [5, 5.41) is 7.95. The highest BCUT2D eigenvalue weighted by atomic mass is 32.2. The number of hydrogen-bond acceptors (Lipinski definition) is 9. The van der Waals surface area contributed by atoms with Crippen LogP contribution < -0.4 is 25.7 Å². The molecule has 12 heteroatoms. The average Bonchev–Trinajstić information content (AvgIpc) is 3.68. The standard InChI is InChI=1S/C25H24N4O6S2/c30-21(26-12-16-5-6-19-20(11-16)35-15-34-19)4-1-8-29-24(32)23-18(7-10-36-23)28-25(29)37-14-22(31)27-13-17-3-2-9-33-17/h2-3,5-7,9-11H,1,4,8,12-15H2,(H,26,30)(H,27,31). The Morgan fingerprint density at radius 2 is 1.95 bits per heavy atom. The Kier molecular flexibility index (Phi) is 7.76. The fraction of sp³-hybridized carbons (Fsp3) is 0.280. The van der Waals surface area contributed by atoms with Gasteiger partial charge in [0.05, 0.1) is 24.1 Å². The minimum Gasteiger partial charge on any atom is -0.467 e. The molecule has 192 valence electrons. The summed E-state index contributed by atoms with van der Waals surface area (Å²) in [5.74, 6) is 1.80. The molecule has 0 unspecified atom stereocenters. The normalized spacial score (nSPS) is 12.1. The van der Waals surface area contributed by atoms with Gasteiger partial charge in [-0.05, 0) is 47.7 Å². The predicted octanol–water partition coefficient (Wildman–Crippen LogP) is 3.28. The molecule has 2 amide bonds. The second kappa shape index (κ2) is 11.5. The van der Waals surface area contributed by atoms with Crippen molar-refractivity contribution in [3.05, 3.63) is 69.7 Å². The van der Waals surface area contributed by atoms with Crippen molar-refractivity contribution in [1.29, 1.82) is 0 Å². The first-order chi connectivity index (χ1) is 18.1. The van der Waals surface area contributed by atoms with Crippen molar-refractivity contribution >= 4 is 45.1 Å². The number of benzene rings is 1. The highest BCUT2D eigenvalue weighted by molar-refractivity contribution is 7.99. The minimum absolute atomic E-state index is 0.0960. The van der Waals surface area contributed by atoms with Crippen LogP contribution in [-0.2, 0) is 29.2 Å². The Hall–Kier alpha value is -3.77. The van der Waals surface area contributed by atoms with Gasteiger partial charge in [0.2, 0.25) is 18.6 Å². The first-order valence-electron chi connectivity index (χ1n) is 11.6. The molecule has 0 bridgehead atoms. The zero-order valence-corrected chi connectivity index (χ0v) is 21.4. The van der Waals surface area contributed by atoms with Gasteiger partial charge < -0.3 is 24.5 Å². The van der Waals surface area contributed by atoms with Gasteiger partial charge in [0.15, 0.2) is 16.7 Å². The molecular formula is C25H24N4O6S2. The van der Waals surface area contributed by atoms with E-state index >= 15 is 0 Å². The summed E-state index contributed by atoms with van der Waals surface area (Å²) in [5.41, 5.74) is 1.34. The highest BCUT2D eigenvalue weighted by Crippen LogP contribution is 2.32. The first kappa shape index (κ1) is 24.9. The zero-order chi connectivity index (χ0) is 25.6. The van der Waals surface area contributed by atoms with Gasteiger partial charge in [-0.2, -0.15) is 0 Å². The molecule has 0 saturated heterocycles. The average molecular weight is 541 g/mol. The maximum atomic E-state index is 13.1. The summed E-state index contributed by atoms with van der Waals surface area (Å²) in [4.78, 5) is 42.4. The molecule has 1 aromatic carbocycles. The Bertz CT molecular complexity index is 1460. The summed E-state index contributed by atoms with van der Waals surface area (Å²) in [7, 11) is 0. The minimum atomic E-state index is -0.199. The maximum absolute atomic E-state index is 13.1. The number of aromatic nitrogens is 2. The molecule has 5 rings (SSSR count). The Morgan fingerprint density at radius 1 is 1.08 bits per heavy atom. The molecule has 0 aliphatic carbocycles. The number of thioether (sulfide) groups is 1. The van der Waals surface area contributed by atoms with Crippen molar-refractivity contribution in [2.24, 2.45) is 0 Å². The lowest BCUT2D eigenvalue weighted by atomic mass is 10.2. The lowest BCUT2D eigenvalue weighted by Gasteiger charge is -2.12.